The van der Waals surface area contributed by atoms with Crippen LogP contribution in [0.15, 0.2) is 42.5 Å². The van der Waals surface area contributed by atoms with Gasteiger partial charge in [0.1, 0.15) is 17.7 Å². The predicted octanol–water partition coefficient (Wildman–Crippen LogP) is 1.75. The van der Waals surface area contributed by atoms with E-state index in [1.807, 2.05) is 0 Å². The molecule has 0 bridgehead atoms. The van der Waals surface area contributed by atoms with Gasteiger partial charge >= 0.3 is 6.09 Å². The van der Waals surface area contributed by atoms with Crippen molar-refractivity contribution in [1.29, 1.82) is 0 Å². The van der Waals surface area contributed by atoms with Crippen molar-refractivity contribution >= 4 is 21.8 Å². The molecule has 0 aliphatic heterocycles. The van der Waals surface area contributed by atoms with Gasteiger partial charge in [0.05, 0.1) is 19.0 Å². The smallest absolute Gasteiger partial charge is 0.407 e. The van der Waals surface area contributed by atoms with Crippen LogP contribution in [0.1, 0.15) is 30.0 Å². The summed E-state index contributed by atoms with van der Waals surface area (Å²) in [6.45, 7) is 1.17. The van der Waals surface area contributed by atoms with Crippen molar-refractivity contribution in [1.82, 2.24) is 10.2 Å². The number of halogens is 2. The van der Waals surface area contributed by atoms with Crippen LogP contribution in [0.5, 0.6) is 0 Å². The number of alkyl carbamates (subject to hydrolysis) is 1. The van der Waals surface area contributed by atoms with Crippen LogP contribution in [-0.2, 0) is 32.3 Å². The first-order valence-corrected chi connectivity index (χ1v) is 14.0. The number of aliphatic hydroxyl groups excluding tert-OH is 1. The van der Waals surface area contributed by atoms with Crippen LogP contribution in [0, 0.1) is 24.0 Å². The molecule has 0 heterocycles. The minimum Gasteiger partial charge on any atom is -0.453 e. The number of amides is 2. The maximum absolute atomic E-state index is 13.6. The van der Waals surface area contributed by atoms with Gasteiger partial charge in [-0.2, -0.15) is 0 Å². The van der Waals surface area contributed by atoms with Gasteiger partial charge in [-0.15, -0.1) is 6.42 Å². The Morgan fingerprint density at radius 3 is 2.44 bits per heavy atom. The minimum absolute atomic E-state index is 0.111. The van der Waals surface area contributed by atoms with Gasteiger partial charge in [0.25, 0.3) is 0 Å². The number of methoxy groups -OCH3 is 1. The minimum atomic E-state index is -3.74. The molecule has 2 aromatic carbocycles. The van der Waals surface area contributed by atoms with E-state index in [1.54, 1.807) is 31.2 Å². The van der Waals surface area contributed by atoms with E-state index in [0.717, 1.165) is 24.1 Å². The van der Waals surface area contributed by atoms with Gasteiger partial charge in [-0.05, 0) is 48.2 Å². The van der Waals surface area contributed by atoms with Crippen molar-refractivity contribution < 1.29 is 36.6 Å². The van der Waals surface area contributed by atoms with E-state index >= 15 is 0 Å². The molecule has 0 aliphatic carbocycles. The third-order valence-corrected chi connectivity index (χ3v) is 7.66. The lowest BCUT2D eigenvalue weighted by molar-refractivity contribution is -0.135. The lowest BCUT2D eigenvalue weighted by Gasteiger charge is -2.31. The molecule has 0 saturated heterocycles. The Bertz CT molecular complexity index is 1280. The second kappa shape index (κ2) is 14.6. The van der Waals surface area contributed by atoms with Crippen molar-refractivity contribution in [2.45, 2.75) is 44.5 Å². The number of ether oxygens (including phenoxy) is 1. The first-order chi connectivity index (χ1) is 18.4. The van der Waals surface area contributed by atoms with Gasteiger partial charge in [0.2, 0.25) is 5.91 Å². The van der Waals surface area contributed by atoms with E-state index in [2.05, 4.69) is 16.0 Å². The molecule has 0 spiro atoms. The number of carbonyl (C=O) groups is 2. The van der Waals surface area contributed by atoms with Crippen molar-refractivity contribution in [3.63, 3.8) is 0 Å². The Kier molecular flexibility index (Phi) is 11.8. The van der Waals surface area contributed by atoms with E-state index in [1.165, 1.54) is 0 Å². The molecule has 2 rings (SSSR count). The Morgan fingerprint density at radius 2 is 1.85 bits per heavy atom. The van der Waals surface area contributed by atoms with Gasteiger partial charge < -0.3 is 25.8 Å². The summed E-state index contributed by atoms with van der Waals surface area (Å²) in [6.07, 6.45) is 3.26. The number of terminal acetylenes is 1. The van der Waals surface area contributed by atoms with Crippen LogP contribution < -0.4 is 11.1 Å². The molecule has 3 atom stereocenters. The van der Waals surface area contributed by atoms with E-state index in [0.29, 0.717) is 23.6 Å². The number of hydrogen-bond donors (Lipinski definition) is 3. The number of carbonyl (C=O) groups excluding carboxylic acids is 2. The first kappa shape index (κ1) is 31.7. The summed E-state index contributed by atoms with van der Waals surface area (Å²) in [7, 11) is -2.67. The predicted molar refractivity (Wildman–Crippen MR) is 142 cm³/mol. The lowest BCUT2D eigenvalue weighted by Crippen LogP contribution is -2.54. The summed E-state index contributed by atoms with van der Waals surface area (Å²) >= 11 is 0. The Morgan fingerprint density at radius 1 is 1.18 bits per heavy atom. The molecular weight excluding hydrogens is 532 g/mol. The average molecular weight is 566 g/mol. The molecule has 9 nitrogen and oxygen atoms in total. The molecule has 2 amide bonds. The van der Waals surface area contributed by atoms with Crippen LogP contribution in [0.25, 0.3) is 0 Å². The molecule has 0 saturated carbocycles. The number of sulfone groups is 1. The van der Waals surface area contributed by atoms with Crippen LogP contribution >= 0.6 is 0 Å². The van der Waals surface area contributed by atoms with Gasteiger partial charge in [-0.25, -0.2) is 22.0 Å². The molecule has 0 unspecified atom stereocenters. The standard InChI is InChI=1S/C27H33F2N3O6S/c1-4-9-39(36,37)17-24(31-27(35)38-3)26(34)32(15-19-8-6-7-18(5-2)10-19)16-25(33)23(30)13-20-11-21(28)14-22(29)12-20/h2,6-8,10-12,14,23-25,33H,4,9,13,15-17,30H2,1,3H3,(H,31,35)/t23-,24+,25+/m0/s1. The second-order valence-corrected chi connectivity index (χ2v) is 11.3. The van der Waals surface area contributed by atoms with Gasteiger partial charge in [0.15, 0.2) is 9.84 Å². The quantitative estimate of drug-likeness (QED) is 0.315. The number of aliphatic hydroxyl groups is 1. The van der Waals surface area contributed by atoms with Crippen LogP contribution in [0.4, 0.5) is 13.6 Å². The maximum Gasteiger partial charge on any atom is 0.407 e. The highest BCUT2D eigenvalue weighted by molar-refractivity contribution is 7.91. The van der Waals surface area contributed by atoms with Crippen molar-refractivity contribution in [3.05, 3.63) is 70.8 Å². The summed E-state index contributed by atoms with van der Waals surface area (Å²) in [5.74, 6) is -0.839. The van der Waals surface area contributed by atoms with Crippen LogP contribution in [0.3, 0.4) is 0 Å². The number of hydrogen-bond acceptors (Lipinski definition) is 7. The summed E-state index contributed by atoms with van der Waals surface area (Å²) < 4.78 is 56.9. The highest BCUT2D eigenvalue weighted by atomic mass is 32.2. The van der Waals surface area contributed by atoms with Crippen molar-refractivity contribution in [2.75, 3.05) is 25.2 Å². The number of benzene rings is 2. The molecule has 0 fully saturated rings. The maximum atomic E-state index is 13.6. The first-order valence-electron chi connectivity index (χ1n) is 12.1. The lowest BCUT2D eigenvalue weighted by atomic mass is 10.0. The van der Waals surface area contributed by atoms with Crippen molar-refractivity contribution in [3.8, 4) is 12.3 Å². The fraction of sp³-hybridized carbons (Fsp3) is 0.407. The van der Waals surface area contributed by atoms with E-state index in [4.69, 9.17) is 12.2 Å². The number of rotatable bonds is 13. The molecule has 39 heavy (non-hydrogen) atoms. The summed E-state index contributed by atoms with van der Waals surface area (Å²) in [4.78, 5) is 26.8. The SMILES string of the molecule is C#Cc1cccc(CN(C[C@@H](O)[C@@H](N)Cc2cc(F)cc(F)c2)C(=O)[C@@H](CS(=O)(=O)CCC)NC(=O)OC)c1. The fourth-order valence-electron chi connectivity index (χ4n) is 3.96. The summed E-state index contributed by atoms with van der Waals surface area (Å²) in [6, 6.07) is 6.97. The molecule has 212 valence electrons. The van der Waals surface area contributed by atoms with Crippen molar-refractivity contribution in [2.24, 2.45) is 5.73 Å². The normalized spacial score (nSPS) is 13.6. The van der Waals surface area contributed by atoms with E-state index in [-0.39, 0.29) is 30.8 Å². The Labute approximate surface area is 227 Å². The summed E-state index contributed by atoms with van der Waals surface area (Å²) in [5.41, 5.74) is 7.41. The summed E-state index contributed by atoms with van der Waals surface area (Å²) in [5, 5.41) is 13.1. The third kappa shape index (κ3) is 10.3. The number of nitrogens with zero attached hydrogens (tertiary/aromatic N) is 1. The monoisotopic (exact) mass is 565 g/mol. The van der Waals surface area contributed by atoms with Gasteiger partial charge in [0, 0.05) is 36.5 Å². The number of nitrogens with two attached hydrogens (primary N) is 1. The number of nitrogens with one attached hydrogen (secondary N) is 1. The zero-order valence-corrected chi connectivity index (χ0v) is 22.6. The molecular formula is C27H33F2N3O6S. The molecule has 0 radical (unpaired) electrons. The van der Waals surface area contributed by atoms with Crippen LogP contribution in [-0.4, -0.2) is 73.8 Å². The van der Waals surface area contributed by atoms with Crippen LogP contribution in [0.2, 0.25) is 0 Å². The van der Waals surface area contributed by atoms with Gasteiger partial charge in [-0.1, -0.05) is 25.0 Å². The largest absolute Gasteiger partial charge is 0.453 e. The van der Waals surface area contributed by atoms with E-state index in [9.17, 15) is 31.9 Å². The molecule has 2 aromatic rings. The topological polar surface area (TPSA) is 139 Å². The zero-order valence-electron chi connectivity index (χ0n) is 21.8. The highest BCUT2D eigenvalue weighted by Crippen LogP contribution is 2.15. The second-order valence-electron chi connectivity index (χ2n) is 9.08. The fourth-order valence-corrected chi connectivity index (χ4v) is 5.48. The molecule has 0 aliphatic rings. The average Bonchev–Trinajstić information content (AvgIpc) is 2.86. The highest BCUT2D eigenvalue weighted by Gasteiger charge is 2.33. The van der Waals surface area contributed by atoms with Gasteiger partial charge in [-0.3, -0.25) is 4.79 Å². The molecule has 4 N–H and O–H groups in total. The van der Waals surface area contributed by atoms with E-state index < -0.39 is 57.4 Å². The molecule has 0 aromatic heterocycles. The Hall–Kier alpha value is -3.53. The molecule has 12 heteroatoms. The zero-order chi connectivity index (χ0) is 29.2. The third-order valence-electron chi connectivity index (χ3n) is 5.79. The Balaban J connectivity index is 2.37.